The standard InChI is InChI=1S/C25H32F2N4O4/c26-22-9-8-20(15-23(22)27)24(32)16-29-25(18-31(33)34)28-10-5-13-35-21-7-4-6-19(14-21)17-30-11-2-1-3-12-30/h4,6-9,14-15,18,24,28-29,32H,1-3,5,10-13,16-17H2/b25-18+. The van der Waals surface area contributed by atoms with Gasteiger partial charge in [-0.15, -0.1) is 0 Å². The van der Waals surface area contributed by atoms with Crippen LogP contribution in [0.2, 0.25) is 0 Å². The van der Waals surface area contributed by atoms with Crippen LogP contribution in [0.4, 0.5) is 8.78 Å². The molecule has 8 nitrogen and oxygen atoms in total. The summed E-state index contributed by atoms with van der Waals surface area (Å²) in [6.45, 7) is 3.85. The quantitative estimate of drug-likeness (QED) is 0.224. The molecule has 0 bridgehead atoms. The molecule has 0 amide bonds. The number of nitrogens with zero attached hydrogens (tertiary/aromatic N) is 2. The van der Waals surface area contributed by atoms with Crippen molar-refractivity contribution in [3.05, 3.63) is 87.4 Å². The molecule has 1 atom stereocenters. The summed E-state index contributed by atoms with van der Waals surface area (Å²) < 4.78 is 32.3. The summed E-state index contributed by atoms with van der Waals surface area (Å²) >= 11 is 0. The van der Waals surface area contributed by atoms with Gasteiger partial charge in [0.1, 0.15) is 5.75 Å². The maximum Gasteiger partial charge on any atom is 0.274 e. The van der Waals surface area contributed by atoms with Crippen molar-refractivity contribution < 1.29 is 23.5 Å². The predicted molar refractivity (Wildman–Crippen MR) is 128 cm³/mol. The number of piperidine rings is 1. The van der Waals surface area contributed by atoms with Crippen LogP contribution >= 0.6 is 0 Å². The third kappa shape index (κ3) is 9.14. The summed E-state index contributed by atoms with van der Waals surface area (Å²) in [5, 5.41) is 26.7. The van der Waals surface area contributed by atoms with Crippen LogP contribution in [0.25, 0.3) is 0 Å². The number of hydrogen-bond donors (Lipinski definition) is 3. The highest BCUT2D eigenvalue weighted by molar-refractivity contribution is 5.28. The first-order valence-corrected chi connectivity index (χ1v) is 11.8. The number of ether oxygens (including phenoxy) is 1. The van der Waals surface area contributed by atoms with Gasteiger partial charge >= 0.3 is 0 Å². The molecule has 1 aliphatic heterocycles. The van der Waals surface area contributed by atoms with Crippen LogP contribution in [0.5, 0.6) is 5.75 Å². The Morgan fingerprint density at radius 1 is 1.14 bits per heavy atom. The van der Waals surface area contributed by atoms with Crippen LogP contribution < -0.4 is 15.4 Å². The number of benzene rings is 2. The van der Waals surface area contributed by atoms with Gasteiger partial charge in [0.05, 0.1) is 17.6 Å². The van der Waals surface area contributed by atoms with E-state index in [1.807, 2.05) is 18.2 Å². The van der Waals surface area contributed by atoms with Gasteiger partial charge in [-0.1, -0.05) is 24.6 Å². The molecule has 2 aromatic rings. The molecule has 190 valence electrons. The van der Waals surface area contributed by atoms with Crippen molar-refractivity contribution in [1.82, 2.24) is 15.5 Å². The predicted octanol–water partition coefficient (Wildman–Crippen LogP) is 3.71. The normalized spacial score (nSPS) is 15.5. The van der Waals surface area contributed by atoms with Gasteiger partial charge in [0.15, 0.2) is 17.5 Å². The maximum atomic E-state index is 13.4. The molecule has 0 saturated carbocycles. The molecular formula is C25H32F2N4O4. The molecule has 1 heterocycles. The molecule has 3 N–H and O–H groups in total. The van der Waals surface area contributed by atoms with E-state index >= 15 is 0 Å². The van der Waals surface area contributed by atoms with Crippen LogP contribution in [-0.4, -0.2) is 47.7 Å². The monoisotopic (exact) mass is 490 g/mol. The fourth-order valence-corrected chi connectivity index (χ4v) is 3.90. The van der Waals surface area contributed by atoms with E-state index in [4.69, 9.17) is 4.74 Å². The summed E-state index contributed by atoms with van der Waals surface area (Å²) in [6.07, 6.45) is 3.95. The van der Waals surface area contributed by atoms with Crippen molar-refractivity contribution in [2.24, 2.45) is 0 Å². The topological polar surface area (TPSA) is 99.9 Å². The van der Waals surface area contributed by atoms with Crippen molar-refractivity contribution in [3.8, 4) is 5.75 Å². The first-order chi connectivity index (χ1) is 16.9. The highest BCUT2D eigenvalue weighted by Gasteiger charge is 2.13. The number of nitrogens with one attached hydrogen (secondary N) is 2. The summed E-state index contributed by atoms with van der Waals surface area (Å²) in [5.74, 6) is -1.20. The molecule has 0 aliphatic carbocycles. The Labute approximate surface area is 203 Å². The van der Waals surface area contributed by atoms with Crippen LogP contribution in [0.1, 0.15) is 42.9 Å². The minimum atomic E-state index is -1.18. The molecule has 10 heteroatoms. The number of nitro groups is 1. The van der Waals surface area contributed by atoms with E-state index < -0.39 is 22.7 Å². The van der Waals surface area contributed by atoms with E-state index in [1.54, 1.807) is 0 Å². The SMILES string of the molecule is O=[N+]([O-])/C=C(\NCCCOc1cccc(CN2CCCCC2)c1)NCC(O)c1ccc(F)c(F)c1. The molecule has 0 radical (unpaired) electrons. The molecule has 0 aromatic heterocycles. The third-order valence-corrected chi connectivity index (χ3v) is 5.71. The lowest BCUT2D eigenvalue weighted by Crippen LogP contribution is -2.31. The largest absolute Gasteiger partial charge is 0.494 e. The minimum Gasteiger partial charge on any atom is -0.494 e. The van der Waals surface area contributed by atoms with Crippen molar-refractivity contribution in [2.75, 3.05) is 32.8 Å². The second-order valence-corrected chi connectivity index (χ2v) is 8.51. The zero-order valence-corrected chi connectivity index (χ0v) is 19.6. The molecule has 1 saturated heterocycles. The molecule has 1 unspecified atom stereocenters. The number of aliphatic hydroxyl groups excluding tert-OH is 1. The highest BCUT2D eigenvalue weighted by Crippen LogP contribution is 2.18. The zero-order chi connectivity index (χ0) is 25.0. The lowest BCUT2D eigenvalue weighted by Gasteiger charge is -2.26. The Hall–Kier alpha value is -3.24. The van der Waals surface area contributed by atoms with E-state index in [-0.39, 0.29) is 17.9 Å². The Kier molecular flexibility index (Phi) is 10.2. The van der Waals surface area contributed by atoms with Crippen molar-refractivity contribution in [1.29, 1.82) is 0 Å². The fraction of sp³-hybridized carbons (Fsp3) is 0.440. The maximum absolute atomic E-state index is 13.4. The zero-order valence-electron chi connectivity index (χ0n) is 19.6. The van der Waals surface area contributed by atoms with Crippen LogP contribution in [0.3, 0.4) is 0 Å². The van der Waals surface area contributed by atoms with Gasteiger partial charge in [0.2, 0.25) is 0 Å². The van der Waals surface area contributed by atoms with E-state index in [2.05, 4.69) is 21.6 Å². The van der Waals surface area contributed by atoms with Crippen molar-refractivity contribution >= 4 is 0 Å². The van der Waals surface area contributed by atoms with Crippen LogP contribution in [-0.2, 0) is 6.54 Å². The van der Waals surface area contributed by atoms with Gasteiger partial charge in [-0.3, -0.25) is 15.0 Å². The van der Waals surface area contributed by atoms with Gasteiger partial charge in [-0.25, -0.2) is 8.78 Å². The average molecular weight is 491 g/mol. The molecule has 2 aromatic carbocycles. The lowest BCUT2D eigenvalue weighted by atomic mass is 10.1. The molecule has 3 rings (SSSR count). The highest BCUT2D eigenvalue weighted by atomic mass is 19.2. The van der Waals surface area contributed by atoms with E-state index in [9.17, 15) is 24.0 Å². The smallest absolute Gasteiger partial charge is 0.274 e. The Bertz CT molecular complexity index is 999. The van der Waals surface area contributed by atoms with Crippen LogP contribution in [0.15, 0.2) is 54.5 Å². The van der Waals surface area contributed by atoms with Gasteiger partial charge < -0.3 is 20.5 Å². The summed E-state index contributed by atoms with van der Waals surface area (Å²) in [7, 11) is 0. The average Bonchev–Trinajstić information content (AvgIpc) is 2.84. The lowest BCUT2D eigenvalue weighted by molar-refractivity contribution is -0.404. The van der Waals surface area contributed by atoms with Crippen molar-refractivity contribution in [2.45, 2.75) is 38.3 Å². The van der Waals surface area contributed by atoms with E-state index in [0.29, 0.717) is 19.6 Å². The first-order valence-electron chi connectivity index (χ1n) is 11.8. The Morgan fingerprint density at radius 2 is 1.94 bits per heavy atom. The molecular weight excluding hydrogens is 458 g/mol. The third-order valence-electron chi connectivity index (χ3n) is 5.71. The molecule has 0 spiro atoms. The van der Waals surface area contributed by atoms with Gasteiger partial charge in [-0.05, 0) is 67.7 Å². The van der Waals surface area contributed by atoms with E-state index in [1.165, 1.54) is 30.9 Å². The molecule has 1 fully saturated rings. The van der Waals surface area contributed by atoms with Crippen LogP contribution in [0, 0.1) is 21.7 Å². The molecule has 35 heavy (non-hydrogen) atoms. The van der Waals surface area contributed by atoms with Gasteiger partial charge in [0.25, 0.3) is 6.20 Å². The summed E-state index contributed by atoms with van der Waals surface area (Å²) in [6, 6.07) is 11.1. The molecule has 1 aliphatic rings. The summed E-state index contributed by atoms with van der Waals surface area (Å²) in [5.41, 5.74) is 1.37. The minimum absolute atomic E-state index is 0.0974. The second-order valence-electron chi connectivity index (χ2n) is 8.51. The first kappa shape index (κ1) is 26.4. The number of hydrogen-bond acceptors (Lipinski definition) is 7. The van der Waals surface area contributed by atoms with Gasteiger partial charge in [-0.2, -0.15) is 0 Å². The Morgan fingerprint density at radius 3 is 2.69 bits per heavy atom. The number of likely N-dealkylation sites (tertiary alicyclic amines) is 1. The second kappa shape index (κ2) is 13.6. The van der Waals surface area contributed by atoms with E-state index in [0.717, 1.165) is 43.7 Å². The number of halogens is 2. The summed E-state index contributed by atoms with van der Waals surface area (Å²) in [4.78, 5) is 12.8. The number of aliphatic hydroxyl groups is 1. The van der Waals surface area contributed by atoms with Crippen molar-refractivity contribution in [3.63, 3.8) is 0 Å². The Balaban J connectivity index is 1.41. The number of rotatable bonds is 13. The van der Waals surface area contributed by atoms with Gasteiger partial charge in [0, 0.05) is 19.6 Å². The fourth-order valence-electron chi connectivity index (χ4n) is 3.90.